The van der Waals surface area contributed by atoms with Gasteiger partial charge in [0.25, 0.3) is 0 Å². The van der Waals surface area contributed by atoms with E-state index in [0.29, 0.717) is 11.3 Å². The first-order valence-electron chi connectivity index (χ1n) is 8.92. The van der Waals surface area contributed by atoms with Crippen molar-refractivity contribution >= 4 is 5.78 Å². The van der Waals surface area contributed by atoms with Gasteiger partial charge in [0.05, 0.1) is 6.10 Å². The predicted octanol–water partition coefficient (Wildman–Crippen LogP) is 5.78. The molecule has 2 aromatic carbocycles. The summed E-state index contributed by atoms with van der Waals surface area (Å²) >= 11 is 0. The van der Waals surface area contributed by atoms with Gasteiger partial charge >= 0.3 is 0 Å². The smallest absolute Gasteiger partial charge is 0.167 e. The van der Waals surface area contributed by atoms with E-state index >= 15 is 0 Å². The molecule has 0 saturated carbocycles. The highest BCUT2D eigenvalue weighted by atomic mass is 16.5. The SMILES string of the molecule is CCCC(C)Oc1ccc(-c2cc(-c3ccc(C(C)=O)cc3)no2)cc1. The van der Waals surface area contributed by atoms with Gasteiger partial charge in [-0.3, -0.25) is 4.79 Å². The minimum Gasteiger partial charge on any atom is -0.491 e. The molecule has 1 aromatic heterocycles. The predicted molar refractivity (Wildman–Crippen MR) is 102 cm³/mol. The van der Waals surface area contributed by atoms with Crippen LogP contribution in [0.3, 0.4) is 0 Å². The first-order chi connectivity index (χ1) is 12.6. The second-order valence-corrected chi connectivity index (χ2v) is 6.45. The summed E-state index contributed by atoms with van der Waals surface area (Å²) in [6.07, 6.45) is 2.35. The average molecular weight is 349 g/mol. The zero-order valence-electron chi connectivity index (χ0n) is 15.4. The van der Waals surface area contributed by atoms with Gasteiger partial charge in [0, 0.05) is 22.8 Å². The number of ether oxygens (including phenoxy) is 1. The standard InChI is InChI=1S/C22H23NO3/c1-4-5-15(2)25-20-12-10-19(11-13-20)22-14-21(23-26-22)18-8-6-17(7-9-18)16(3)24/h6-15H,4-5H2,1-3H3. The Morgan fingerprint density at radius 3 is 2.35 bits per heavy atom. The molecule has 0 fully saturated rings. The molecule has 3 rings (SSSR count). The van der Waals surface area contributed by atoms with Gasteiger partial charge in [-0.15, -0.1) is 0 Å². The van der Waals surface area contributed by atoms with Gasteiger partial charge < -0.3 is 9.26 Å². The first kappa shape index (κ1) is 17.9. The molecule has 1 atom stereocenters. The molecule has 0 aliphatic rings. The van der Waals surface area contributed by atoms with Gasteiger partial charge in [-0.25, -0.2) is 0 Å². The van der Waals surface area contributed by atoms with Crippen molar-refractivity contribution in [3.63, 3.8) is 0 Å². The summed E-state index contributed by atoms with van der Waals surface area (Å²) < 4.78 is 11.4. The van der Waals surface area contributed by atoms with Crippen LogP contribution in [0, 0.1) is 0 Å². The van der Waals surface area contributed by atoms with Gasteiger partial charge in [0.1, 0.15) is 11.4 Å². The quantitative estimate of drug-likeness (QED) is 0.507. The monoisotopic (exact) mass is 349 g/mol. The van der Waals surface area contributed by atoms with E-state index in [1.807, 2.05) is 42.5 Å². The van der Waals surface area contributed by atoms with Gasteiger partial charge in [-0.1, -0.05) is 42.8 Å². The highest BCUT2D eigenvalue weighted by Crippen LogP contribution is 2.28. The van der Waals surface area contributed by atoms with Crippen molar-refractivity contribution in [3.8, 4) is 28.3 Å². The van der Waals surface area contributed by atoms with Crippen LogP contribution in [-0.4, -0.2) is 17.0 Å². The van der Waals surface area contributed by atoms with Crippen LogP contribution >= 0.6 is 0 Å². The molecule has 0 aliphatic heterocycles. The Morgan fingerprint density at radius 1 is 1.08 bits per heavy atom. The molecule has 1 heterocycles. The van der Waals surface area contributed by atoms with E-state index in [1.54, 1.807) is 19.1 Å². The molecule has 0 aliphatic carbocycles. The van der Waals surface area contributed by atoms with Crippen molar-refractivity contribution in [2.24, 2.45) is 0 Å². The maximum atomic E-state index is 11.4. The Bertz CT molecular complexity index is 863. The first-order valence-corrected chi connectivity index (χ1v) is 8.92. The number of carbonyl (C=O) groups is 1. The molecular weight excluding hydrogens is 326 g/mol. The summed E-state index contributed by atoms with van der Waals surface area (Å²) in [4.78, 5) is 11.4. The summed E-state index contributed by atoms with van der Waals surface area (Å²) in [5.74, 6) is 1.60. The van der Waals surface area contributed by atoms with Gasteiger partial charge in [-0.05, 0) is 44.5 Å². The molecule has 0 N–H and O–H groups in total. The van der Waals surface area contributed by atoms with E-state index in [9.17, 15) is 4.79 Å². The fourth-order valence-corrected chi connectivity index (χ4v) is 2.82. The molecule has 134 valence electrons. The highest BCUT2D eigenvalue weighted by Gasteiger charge is 2.10. The van der Waals surface area contributed by atoms with E-state index in [0.717, 1.165) is 35.4 Å². The number of hydrogen-bond donors (Lipinski definition) is 0. The summed E-state index contributed by atoms with van der Waals surface area (Å²) in [7, 11) is 0. The van der Waals surface area contributed by atoms with Crippen LogP contribution in [0.2, 0.25) is 0 Å². The molecular formula is C22H23NO3. The lowest BCUT2D eigenvalue weighted by Gasteiger charge is -2.13. The van der Waals surface area contributed by atoms with Gasteiger partial charge in [0.2, 0.25) is 0 Å². The van der Waals surface area contributed by atoms with Crippen LogP contribution in [0.15, 0.2) is 59.1 Å². The third-order valence-electron chi connectivity index (χ3n) is 4.27. The van der Waals surface area contributed by atoms with Gasteiger partial charge in [0.15, 0.2) is 11.5 Å². The Hall–Kier alpha value is -2.88. The van der Waals surface area contributed by atoms with E-state index < -0.39 is 0 Å². The maximum Gasteiger partial charge on any atom is 0.167 e. The van der Waals surface area contributed by atoms with Crippen molar-refractivity contribution in [1.82, 2.24) is 5.16 Å². The molecule has 0 spiro atoms. The number of benzene rings is 2. The van der Waals surface area contributed by atoms with E-state index in [4.69, 9.17) is 9.26 Å². The zero-order chi connectivity index (χ0) is 18.5. The third kappa shape index (κ3) is 4.20. The molecule has 0 saturated heterocycles. The average Bonchev–Trinajstić information content (AvgIpc) is 3.13. The van der Waals surface area contributed by atoms with Crippen molar-refractivity contribution < 1.29 is 14.1 Å². The Labute approximate surface area is 153 Å². The molecule has 3 aromatic rings. The number of ketones is 1. The van der Waals surface area contributed by atoms with Crippen LogP contribution in [0.5, 0.6) is 5.75 Å². The molecule has 4 nitrogen and oxygen atoms in total. The Morgan fingerprint density at radius 2 is 1.73 bits per heavy atom. The Kier molecular flexibility index (Phi) is 5.52. The van der Waals surface area contributed by atoms with Crippen molar-refractivity contribution in [3.05, 3.63) is 60.2 Å². The summed E-state index contributed by atoms with van der Waals surface area (Å²) in [6, 6.07) is 17.1. The van der Waals surface area contributed by atoms with E-state index in [1.165, 1.54) is 0 Å². The lowest BCUT2D eigenvalue weighted by atomic mass is 10.1. The molecule has 0 bridgehead atoms. The zero-order valence-corrected chi connectivity index (χ0v) is 15.4. The maximum absolute atomic E-state index is 11.4. The summed E-state index contributed by atoms with van der Waals surface area (Å²) in [5.41, 5.74) is 3.29. The Balaban J connectivity index is 1.74. The number of rotatable bonds is 7. The minimum absolute atomic E-state index is 0.0490. The number of nitrogens with zero attached hydrogens (tertiary/aromatic N) is 1. The lowest BCUT2D eigenvalue weighted by Crippen LogP contribution is -2.10. The molecule has 0 amide bonds. The summed E-state index contributed by atoms with van der Waals surface area (Å²) in [5, 5.41) is 4.14. The second kappa shape index (κ2) is 8.00. The highest BCUT2D eigenvalue weighted by molar-refractivity contribution is 5.94. The topological polar surface area (TPSA) is 52.3 Å². The van der Waals surface area contributed by atoms with E-state index in [-0.39, 0.29) is 11.9 Å². The van der Waals surface area contributed by atoms with Gasteiger partial charge in [-0.2, -0.15) is 0 Å². The van der Waals surface area contributed by atoms with Crippen LogP contribution < -0.4 is 4.74 Å². The van der Waals surface area contributed by atoms with E-state index in [2.05, 4.69) is 19.0 Å². The largest absolute Gasteiger partial charge is 0.491 e. The number of Topliss-reactive ketones (excluding diaryl/α,β-unsaturated/α-hetero) is 1. The fraction of sp³-hybridized carbons (Fsp3) is 0.273. The lowest BCUT2D eigenvalue weighted by molar-refractivity contribution is 0.101. The second-order valence-electron chi connectivity index (χ2n) is 6.45. The number of carbonyl (C=O) groups excluding carboxylic acids is 1. The van der Waals surface area contributed by atoms with Crippen LogP contribution in [0.25, 0.3) is 22.6 Å². The van der Waals surface area contributed by atoms with Crippen molar-refractivity contribution in [2.75, 3.05) is 0 Å². The molecule has 4 heteroatoms. The van der Waals surface area contributed by atoms with Crippen molar-refractivity contribution in [1.29, 1.82) is 0 Å². The van der Waals surface area contributed by atoms with Crippen LogP contribution in [0.1, 0.15) is 44.0 Å². The summed E-state index contributed by atoms with van der Waals surface area (Å²) in [6.45, 7) is 5.79. The van der Waals surface area contributed by atoms with Crippen LogP contribution in [0.4, 0.5) is 0 Å². The van der Waals surface area contributed by atoms with Crippen molar-refractivity contribution in [2.45, 2.75) is 39.7 Å². The molecule has 26 heavy (non-hydrogen) atoms. The normalized spacial score (nSPS) is 12.0. The fourth-order valence-electron chi connectivity index (χ4n) is 2.82. The molecule has 1 unspecified atom stereocenters. The number of aromatic nitrogens is 1. The molecule has 0 radical (unpaired) electrons. The van der Waals surface area contributed by atoms with Crippen LogP contribution in [-0.2, 0) is 0 Å². The minimum atomic E-state index is 0.0490. The third-order valence-corrected chi connectivity index (χ3v) is 4.27. The number of hydrogen-bond acceptors (Lipinski definition) is 4.